The molecule has 1 N–H and O–H groups in total. The number of hydrogen-bond acceptors (Lipinski definition) is 6. The minimum absolute atomic E-state index is 0.0971. The second-order valence-corrected chi connectivity index (χ2v) is 9.52. The highest BCUT2D eigenvalue weighted by atomic mass is 35.5. The van der Waals surface area contributed by atoms with Gasteiger partial charge in [0.15, 0.2) is 9.84 Å². The summed E-state index contributed by atoms with van der Waals surface area (Å²) in [7, 11) is -3.49. The van der Waals surface area contributed by atoms with Crippen LogP contribution < -0.4 is 0 Å². The summed E-state index contributed by atoms with van der Waals surface area (Å²) in [6.07, 6.45) is 0. The zero-order valence-electron chi connectivity index (χ0n) is 13.6. The van der Waals surface area contributed by atoms with E-state index in [1.807, 2.05) is 19.1 Å². The van der Waals surface area contributed by atoms with Crippen molar-refractivity contribution in [3.8, 4) is 11.4 Å². The molecule has 4 rings (SSSR count). The molecule has 2 heterocycles. The number of halogens is 1. The molecule has 0 fully saturated rings. The number of nitrogens with one attached hydrogen (secondary N) is 1. The molecule has 0 saturated heterocycles. The van der Waals surface area contributed by atoms with Crippen molar-refractivity contribution in [2.24, 2.45) is 0 Å². The summed E-state index contributed by atoms with van der Waals surface area (Å²) in [6.45, 7) is 1.82. The molecule has 0 unspecified atom stereocenters. The van der Waals surface area contributed by atoms with E-state index < -0.39 is 9.84 Å². The lowest BCUT2D eigenvalue weighted by Gasteiger charge is -2.05. The van der Waals surface area contributed by atoms with Gasteiger partial charge in [-0.15, -0.1) is 21.5 Å². The zero-order valence-corrected chi connectivity index (χ0v) is 16.0. The van der Waals surface area contributed by atoms with E-state index in [0.29, 0.717) is 26.2 Å². The standard InChI is InChI=1S/C17H13ClN4O2S2/c1-10-14-8-13(18)5-6-15(14)25-17(10)26(23,24)9-11-3-2-4-12(7-11)16-19-21-22-20-16/h2-8H,9H2,1H3,(H,19,20,21,22). The van der Waals surface area contributed by atoms with Gasteiger partial charge in [0.25, 0.3) is 0 Å². The van der Waals surface area contributed by atoms with Crippen molar-refractivity contribution in [3.05, 3.63) is 58.6 Å². The summed E-state index contributed by atoms with van der Waals surface area (Å²) in [4.78, 5) is 0. The number of rotatable bonds is 4. The van der Waals surface area contributed by atoms with Crippen molar-refractivity contribution >= 4 is 42.9 Å². The number of aromatic nitrogens is 4. The molecule has 2 aromatic heterocycles. The fraction of sp³-hybridized carbons (Fsp3) is 0.118. The fourth-order valence-electron chi connectivity index (χ4n) is 2.84. The van der Waals surface area contributed by atoms with Crippen LogP contribution in [0, 0.1) is 6.92 Å². The molecule has 0 aliphatic carbocycles. The zero-order chi connectivity index (χ0) is 18.3. The molecule has 0 atom stereocenters. The highest BCUT2D eigenvalue weighted by molar-refractivity contribution is 7.93. The third-order valence-corrected chi connectivity index (χ3v) is 7.92. The van der Waals surface area contributed by atoms with Gasteiger partial charge < -0.3 is 0 Å². The molecule has 0 aliphatic heterocycles. The average Bonchev–Trinajstić information content (AvgIpc) is 3.24. The first kappa shape index (κ1) is 17.1. The van der Waals surface area contributed by atoms with E-state index >= 15 is 0 Å². The van der Waals surface area contributed by atoms with Crippen LogP contribution in [0.3, 0.4) is 0 Å². The summed E-state index contributed by atoms with van der Waals surface area (Å²) >= 11 is 7.32. The number of benzene rings is 2. The maximum Gasteiger partial charge on any atom is 0.204 e. The number of sulfone groups is 1. The van der Waals surface area contributed by atoms with Gasteiger partial charge in [-0.3, -0.25) is 0 Å². The Bertz CT molecular complexity index is 1200. The maximum atomic E-state index is 13.0. The maximum absolute atomic E-state index is 13.0. The van der Waals surface area contributed by atoms with Gasteiger partial charge in [-0.1, -0.05) is 29.8 Å². The fourth-order valence-corrected chi connectivity index (χ4v) is 6.21. The molecule has 2 aromatic carbocycles. The number of fused-ring (bicyclic) bond motifs is 1. The number of thiophene rings is 1. The van der Waals surface area contributed by atoms with Gasteiger partial charge in [0.05, 0.1) is 5.75 Å². The smallest absolute Gasteiger partial charge is 0.204 e. The lowest BCUT2D eigenvalue weighted by atomic mass is 10.1. The summed E-state index contributed by atoms with van der Waals surface area (Å²) in [6, 6.07) is 12.6. The second kappa shape index (κ2) is 6.46. The number of aromatic amines is 1. The van der Waals surface area contributed by atoms with Crippen LogP contribution in [0.2, 0.25) is 5.02 Å². The Morgan fingerprint density at radius 3 is 2.81 bits per heavy atom. The molecule has 0 aliphatic rings. The predicted octanol–water partition coefficient (Wildman–Crippen LogP) is 4.02. The number of aryl methyl sites for hydroxylation is 1. The Labute approximate surface area is 158 Å². The summed E-state index contributed by atoms with van der Waals surface area (Å²) in [5.41, 5.74) is 2.12. The number of tetrazole rings is 1. The third kappa shape index (κ3) is 3.11. The van der Waals surface area contributed by atoms with Crippen molar-refractivity contribution in [3.63, 3.8) is 0 Å². The minimum Gasteiger partial charge on any atom is -0.223 e. The monoisotopic (exact) mass is 404 g/mol. The van der Waals surface area contributed by atoms with E-state index in [-0.39, 0.29) is 5.75 Å². The Morgan fingerprint density at radius 2 is 2.04 bits per heavy atom. The molecule has 4 aromatic rings. The molecule has 0 bridgehead atoms. The normalized spacial score (nSPS) is 11.9. The van der Waals surface area contributed by atoms with Crippen LogP contribution >= 0.6 is 22.9 Å². The molecule has 0 spiro atoms. The van der Waals surface area contributed by atoms with E-state index in [1.165, 1.54) is 11.3 Å². The van der Waals surface area contributed by atoms with Crippen LogP contribution in [0.15, 0.2) is 46.7 Å². The third-order valence-electron chi connectivity index (χ3n) is 4.02. The SMILES string of the molecule is Cc1c(S(=O)(=O)Cc2cccc(-c3nn[nH]n3)c2)sc2ccc(Cl)cc12. The van der Waals surface area contributed by atoms with Crippen molar-refractivity contribution in [1.29, 1.82) is 0 Å². The highest BCUT2D eigenvalue weighted by Gasteiger charge is 2.22. The van der Waals surface area contributed by atoms with Crippen molar-refractivity contribution in [2.45, 2.75) is 16.9 Å². The molecule has 0 amide bonds. The largest absolute Gasteiger partial charge is 0.223 e. The summed E-state index contributed by atoms with van der Waals surface area (Å²) < 4.78 is 27.3. The lowest BCUT2D eigenvalue weighted by molar-refractivity contribution is 0.597. The Balaban J connectivity index is 1.72. The lowest BCUT2D eigenvalue weighted by Crippen LogP contribution is -2.04. The van der Waals surface area contributed by atoms with E-state index in [4.69, 9.17) is 11.6 Å². The van der Waals surface area contributed by atoms with Gasteiger partial charge in [-0.25, -0.2) is 8.42 Å². The molecular formula is C17H13ClN4O2S2. The van der Waals surface area contributed by atoms with Gasteiger partial charge in [-0.05, 0) is 52.9 Å². The number of hydrogen-bond donors (Lipinski definition) is 1. The van der Waals surface area contributed by atoms with Crippen LogP contribution in [0.25, 0.3) is 21.5 Å². The molecular weight excluding hydrogens is 392 g/mol. The molecule has 0 saturated carbocycles. The Kier molecular flexibility index (Phi) is 4.26. The molecule has 0 radical (unpaired) electrons. The summed E-state index contributed by atoms with van der Waals surface area (Å²) in [5.74, 6) is 0.331. The molecule has 6 nitrogen and oxygen atoms in total. The number of nitrogens with zero attached hydrogens (tertiary/aromatic N) is 3. The number of H-pyrrole nitrogens is 1. The van der Waals surface area contributed by atoms with Gasteiger partial charge in [0.2, 0.25) is 5.82 Å². The van der Waals surface area contributed by atoms with Gasteiger partial charge >= 0.3 is 0 Å². The van der Waals surface area contributed by atoms with Crippen molar-refractivity contribution in [2.75, 3.05) is 0 Å². The van der Waals surface area contributed by atoms with Crippen LogP contribution in [-0.4, -0.2) is 29.0 Å². The van der Waals surface area contributed by atoms with Crippen LogP contribution in [0.5, 0.6) is 0 Å². The van der Waals surface area contributed by atoms with Gasteiger partial charge in [0, 0.05) is 15.3 Å². The van der Waals surface area contributed by atoms with E-state index in [0.717, 1.165) is 15.6 Å². The predicted molar refractivity (Wildman–Crippen MR) is 102 cm³/mol. The average molecular weight is 405 g/mol. The Morgan fingerprint density at radius 1 is 1.19 bits per heavy atom. The molecule has 9 heteroatoms. The highest BCUT2D eigenvalue weighted by Crippen LogP contribution is 2.37. The minimum atomic E-state index is -3.49. The Hall–Kier alpha value is -2.29. The van der Waals surface area contributed by atoms with E-state index in [1.54, 1.807) is 30.3 Å². The van der Waals surface area contributed by atoms with Crippen LogP contribution in [0.1, 0.15) is 11.1 Å². The van der Waals surface area contributed by atoms with Crippen molar-refractivity contribution in [1.82, 2.24) is 20.6 Å². The second-order valence-electron chi connectivity index (χ2n) is 5.85. The molecule has 132 valence electrons. The molecule has 26 heavy (non-hydrogen) atoms. The van der Waals surface area contributed by atoms with Crippen molar-refractivity contribution < 1.29 is 8.42 Å². The van der Waals surface area contributed by atoms with E-state index in [9.17, 15) is 8.42 Å². The van der Waals surface area contributed by atoms with E-state index in [2.05, 4.69) is 20.6 Å². The van der Waals surface area contributed by atoms with Gasteiger partial charge in [-0.2, -0.15) is 5.21 Å². The van der Waals surface area contributed by atoms with Crippen LogP contribution in [0.4, 0.5) is 0 Å². The quantitative estimate of drug-likeness (QED) is 0.555. The first-order chi connectivity index (χ1) is 12.4. The topological polar surface area (TPSA) is 88.6 Å². The first-order valence-corrected chi connectivity index (χ1v) is 10.5. The van der Waals surface area contributed by atoms with Gasteiger partial charge in [0.1, 0.15) is 4.21 Å². The summed E-state index contributed by atoms with van der Waals surface area (Å²) in [5, 5.41) is 15.2. The van der Waals surface area contributed by atoms with Crippen LogP contribution in [-0.2, 0) is 15.6 Å². The first-order valence-electron chi connectivity index (χ1n) is 7.68.